The molecule has 2 heterocycles. The summed E-state index contributed by atoms with van der Waals surface area (Å²) in [5.74, 6) is -0.487. The first-order valence-electron chi connectivity index (χ1n) is 8.94. The zero-order valence-electron chi connectivity index (χ0n) is 15.2. The van der Waals surface area contributed by atoms with Crippen LogP contribution in [0.4, 0.5) is 9.52 Å². The highest BCUT2D eigenvalue weighted by Gasteiger charge is 2.23. The molecule has 5 nitrogen and oxygen atoms in total. The second-order valence-electron chi connectivity index (χ2n) is 6.36. The van der Waals surface area contributed by atoms with Gasteiger partial charge in [0.05, 0.1) is 17.9 Å². The van der Waals surface area contributed by atoms with Crippen LogP contribution in [0.15, 0.2) is 48.5 Å². The second-order valence-corrected chi connectivity index (χ2v) is 7.37. The number of aromatic nitrogens is 1. The van der Waals surface area contributed by atoms with Gasteiger partial charge in [-0.25, -0.2) is 9.37 Å². The summed E-state index contributed by atoms with van der Waals surface area (Å²) < 4.78 is 20.2. The molecule has 1 aliphatic heterocycles. The highest BCUT2D eigenvalue weighted by molar-refractivity contribution is 7.22. The molecule has 148 valence electrons. The molecule has 1 saturated heterocycles. The van der Waals surface area contributed by atoms with E-state index in [-0.39, 0.29) is 24.1 Å². The molecule has 1 aliphatic rings. The third-order valence-electron chi connectivity index (χ3n) is 4.60. The van der Waals surface area contributed by atoms with Gasteiger partial charge in [-0.2, -0.15) is 0 Å². The van der Waals surface area contributed by atoms with Gasteiger partial charge in [0.1, 0.15) is 11.3 Å². The summed E-state index contributed by atoms with van der Waals surface area (Å²) in [6.07, 6.45) is 0. The summed E-state index contributed by atoms with van der Waals surface area (Å²) in [7, 11) is 0. The van der Waals surface area contributed by atoms with E-state index < -0.39 is 0 Å². The molecular formula is C20H21ClFN3O2S. The van der Waals surface area contributed by atoms with E-state index >= 15 is 0 Å². The van der Waals surface area contributed by atoms with Crippen LogP contribution in [0.25, 0.3) is 10.2 Å². The standard InChI is InChI=1S/C20H20FN3O2S.ClH/c21-16-7-4-8-17-18(16)22-20(27-17)24(10-9-23-11-13-26-14-12-23)19(25)15-5-2-1-3-6-15;/h1-8H,9-14H2;1H. The van der Waals surface area contributed by atoms with Crippen LogP contribution in [-0.4, -0.2) is 55.2 Å². The first-order valence-corrected chi connectivity index (χ1v) is 9.76. The molecule has 3 aromatic rings. The minimum Gasteiger partial charge on any atom is -0.379 e. The molecule has 1 fully saturated rings. The van der Waals surface area contributed by atoms with Gasteiger partial charge in [0.15, 0.2) is 5.13 Å². The fourth-order valence-electron chi connectivity index (χ4n) is 3.11. The number of carbonyl (C=O) groups excluding carboxylic acids is 1. The van der Waals surface area contributed by atoms with Crippen molar-refractivity contribution in [2.75, 3.05) is 44.3 Å². The van der Waals surface area contributed by atoms with Crippen LogP contribution in [0.3, 0.4) is 0 Å². The highest BCUT2D eigenvalue weighted by Crippen LogP contribution is 2.31. The van der Waals surface area contributed by atoms with Gasteiger partial charge >= 0.3 is 0 Å². The average molecular weight is 422 g/mol. The number of thiazole rings is 1. The van der Waals surface area contributed by atoms with Crippen molar-refractivity contribution in [1.82, 2.24) is 9.88 Å². The van der Waals surface area contributed by atoms with E-state index in [2.05, 4.69) is 9.88 Å². The van der Waals surface area contributed by atoms with Gasteiger partial charge in [-0.1, -0.05) is 35.6 Å². The SMILES string of the molecule is Cl.O=C(c1ccccc1)N(CCN1CCOCC1)c1nc2c(F)cccc2s1. The number of benzene rings is 2. The van der Waals surface area contributed by atoms with Crippen LogP contribution in [0.5, 0.6) is 0 Å². The molecule has 0 bridgehead atoms. The van der Waals surface area contributed by atoms with Gasteiger partial charge in [0.25, 0.3) is 5.91 Å². The summed E-state index contributed by atoms with van der Waals surface area (Å²) in [6, 6.07) is 14.0. The van der Waals surface area contributed by atoms with E-state index in [0.717, 1.165) is 24.3 Å². The minimum atomic E-state index is -0.365. The zero-order valence-corrected chi connectivity index (χ0v) is 16.8. The van der Waals surface area contributed by atoms with Gasteiger partial charge in [0, 0.05) is 31.7 Å². The van der Waals surface area contributed by atoms with E-state index in [4.69, 9.17) is 4.74 Å². The fourth-order valence-corrected chi connectivity index (χ4v) is 4.11. The van der Waals surface area contributed by atoms with Crippen molar-refractivity contribution in [2.24, 2.45) is 0 Å². The molecule has 2 aromatic carbocycles. The van der Waals surface area contributed by atoms with Crippen molar-refractivity contribution in [2.45, 2.75) is 0 Å². The molecule has 8 heteroatoms. The van der Waals surface area contributed by atoms with Gasteiger partial charge in [-0.05, 0) is 24.3 Å². The normalized spacial score (nSPS) is 14.6. The van der Waals surface area contributed by atoms with E-state index in [9.17, 15) is 9.18 Å². The molecule has 0 saturated carbocycles. The van der Waals surface area contributed by atoms with Crippen LogP contribution in [0, 0.1) is 5.82 Å². The fraction of sp³-hybridized carbons (Fsp3) is 0.300. The van der Waals surface area contributed by atoms with Crippen molar-refractivity contribution in [1.29, 1.82) is 0 Å². The third-order valence-corrected chi connectivity index (χ3v) is 5.64. The van der Waals surface area contributed by atoms with Crippen molar-refractivity contribution in [3.63, 3.8) is 0 Å². The number of carbonyl (C=O) groups is 1. The van der Waals surface area contributed by atoms with Crippen molar-refractivity contribution in [3.8, 4) is 0 Å². The number of fused-ring (bicyclic) bond motifs is 1. The Balaban J connectivity index is 0.00000225. The topological polar surface area (TPSA) is 45.7 Å². The van der Waals surface area contributed by atoms with Gasteiger partial charge < -0.3 is 4.74 Å². The van der Waals surface area contributed by atoms with E-state index in [1.54, 1.807) is 23.1 Å². The number of para-hydroxylation sites is 1. The summed E-state index contributed by atoms with van der Waals surface area (Å²) in [5, 5.41) is 0.525. The number of hydrogen-bond donors (Lipinski definition) is 0. The maximum atomic E-state index is 14.1. The first kappa shape index (κ1) is 20.7. The second kappa shape index (κ2) is 9.43. The number of morpholine rings is 1. The lowest BCUT2D eigenvalue weighted by molar-refractivity contribution is 0.0391. The number of nitrogens with zero attached hydrogens (tertiary/aromatic N) is 3. The van der Waals surface area contributed by atoms with Crippen molar-refractivity contribution < 1.29 is 13.9 Å². The van der Waals surface area contributed by atoms with Gasteiger partial charge in [-0.15, -0.1) is 12.4 Å². The van der Waals surface area contributed by atoms with Gasteiger partial charge in [0.2, 0.25) is 0 Å². The highest BCUT2D eigenvalue weighted by atomic mass is 35.5. The van der Waals surface area contributed by atoms with Crippen LogP contribution < -0.4 is 4.90 Å². The molecule has 0 N–H and O–H groups in total. The molecule has 0 aliphatic carbocycles. The van der Waals surface area contributed by atoms with Crippen LogP contribution in [0.1, 0.15) is 10.4 Å². The molecule has 0 spiro atoms. The number of hydrogen-bond acceptors (Lipinski definition) is 5. The van der Waals surface area contributed by atoms with Crippen LogP contribution in [0.2, 0.25) is 0 Å². The molecule has 0 unspecified atom stereocenters. The molecule has 28 heavy (non-hydrogen) atoms. The largest absolute Gasteiger partial charge is 0.379 e. The first-order chi connectivity index (χ1) is 13.2. The summed E-state index contributed by atoms with van der Waals surface area (Å²) in [6.45, 7) is 4.33. The van der Waals surface area contributed by atoms with Crippen LogP contribution in [-0.2, 0) is 4.74 Å². The number of ether oxygens (including phenoxy) is 1. The lowest BCUT2D eigenvalue weighted by atomic mass is 10.2. The Morgan fingerprint density at radius 1 is 1.14 bits per heavy atom. The third kappa shape index (κ3) is 4.50. The Bertz CT molecular complexity index is 932. The number of halogens is 2. The maximum absolute atomic E-state index is 14.1. The van der Waals surface area contributed by atoms with Gasteiger partial charge in [-0.3, -0.25) is 14.6 Å². The molecule has 0 radical (unpaired) electrons. The number of anilines is 1. The summed E-state index contributed by atoms with van der Waals surface area (Å²) in [5.41, 5.74) is 0.911. The zero-order chi connectivity index (χ0) is 18.6. The van der Waals surface area contributed by atoms with Crippen molar-refractivity contribution >= 4 is 45.0 Å². The Kier molecular flexibility index (Phi) is 6.96. The lowest BCUT2D eigenvalue weighted by Gasteiger charge is -2.29. The van der Waals surface area contributed by atoms with Crippen LogP contribution >= 0.6 is 23.7 Å². The Hall–Kier alpha value is -2.06. The lowest BCUT2D eigenvalue weighted by Crippen LogP contribution is -2.43. The van der Waals surface area contributed by atoms with E-state index in [0.29, 0.717) is 36.0 Å². The predicted molar refractivity (Wildman–Crippen MR) is 112 cm³/mol. The van der Waals surface area contributed by atoms with E-state index in [1.165, 1.54) is 17.4 Å². The summed E-state index contributed by atoms with van der Waals surface area (Å²) in [4.78, 5) is 21.5. The maximum Gasteiger partial charge on any atom is 0.260 e. The molecular weight excluding hydrogens is 401 g/mol. The Labute approximate surface area is 173 Å². The van der Waals surface area contributed by atoms with E-state index in [1.807, 2.05) is 24.3 Å². The monoisotopic (exact) mass is 421 g/mol. The number of amides is 1. The molecule has 0 atom stereocenters. The summed E-state index contributed by atoms with van der Waals surface area (Å²) >= 11 is 1.34. The molecule has 1 amide bonds. The molecule has 4 rings (SSSR count). The predicted octanol–water partition coefficient (Wildman–Crippen LogP) is 3.84. The average Bonchev–Trinajstić information content (AvgIpc) is 3.15. The quantitative estimate of drug-likeness (QED) is 0.628. The number of rotatable bonds is 5. The smallest absolute Gasteiger partial charge is 0.260 e. The molecule has 1 aromatic heterocycles. The Morgan fingerprint density at radius 3 is 2.61 bits per heavy atom. The van der Waals surface area contributed by atoms with Crippen molar-refractivity contribution in [3.05, 3.63) is 59.9 Å². The minimum absolute atomic E-state index is 0. The Morgan fingerprint density at radius 2 is 1.89 bits per heavy atom.